The molecule has 0 aromatic carbocycles. The Balaban J connectivity index is 3.62. The highest BCUT2D eigenvalue weighted by molar-refractivity contribution is 5.76. The fourth-order valence-corrected chi connectivity index (χ4v) is 1.70. The Morgan fingerprint density at radius 1 is 1.39 bits per heavy atom. The molecular formula is C12H24F2N2O2. The van der Waals surface area contributed by atoms with Gasteiger partial charge in [0, 0.05) is 13.0 Å². The van der Waals surface area contributed by atoms with E-state index in [1.54, 1.807) is 0 Å². The van der Waals surface area contributed by atoms with E-state index in [4.69, 9.17) is 5.73 Å². The minimum absolute atomic E-state index is 0.105. The standard InChI is InChI=1S/C12H24F2N2O2/c1-9(2)5-10(7-15)6-12(17)16-3-4-18-8-11(13)14/h9-11H,3-8,15H2,1-2H3,(H,16,17). The lowest BCUT2D eigenvalue weighted by atomic mass is 9.94. The van der Waals surface area contributed by atoms with Gasteiger partial charge in [0.2, 0.25) is 5.91 Å². The zero-order valence-electron chi connectivity index (χ0n) is 11.1. The second-order valence-corrected chi connectivity index (χ2v) is 4.75. The molecule has 0 aliphatic rings. The van der Waals surface area contributed by atoms with E-state index >= 15 is 0 Å². The Morgan fingerprint density at radius 2 is 2.06 bits per heavy atom. The Bertz CT molecular complexity index is 226. The van der Waals surface area contributed by atoms with Gasteiger partial charge in [-0.2, -0.15) is 0 Å². The highest BCUT2D eigenvalue weighted by Crippen LogP contribution is 2.13. The lowest BCUT2D eigenvalue weighted by Crippen LogP contribution is -2.31. The van der Waals surface area contributed by atoms with Gasteiger partial charge in [-0.1, -0.05) is 13.8 Å². The number of hydrogen-bond donors (Lipinski definition) is 2. The van der Waals surface area contributed by atoms with E-state index in [-0.39, 0.29) is 25.0 Å². The smallest absolute Gasteiger partial charge is 0.261 e. The molecule has 0 aliphatic heterocycles. The van der Waals surface area contributed by atoms with Gasteiger partial charge in [0.25, 0.3) is 6.43 Å². The van der Waals surface area contributed by atoms with Gasteiger partial charge in [-0.05, 0) is 24.8 Å². The first-order valence-electron chi connectivity index (χ1n) is 6.28. The minimum Gasteiger partial charge on any atom is -0.374 e. The predicted molar refractivity (Wildman–Crippen MR) is 66.4 cm³/mol. The number of alkyl halides is 2. The third-order valence-corrected chi connectivity index (χ3v) is 2.42. The van der Waals surface area contributed by atoms with Crippen LogP contribution in [0.1, 0.15) is 26.7 Å². The summed E-state index contributed by atoms with van der Waals surface area (Å²) in [6, 6.07) is 0. The Kier molecular flexibility index (Phi) is 9.77. The largest absolute Gasteiger partial charge is 0.374 e. The van der Waals surface area contributed by atoms with E-state index in [0.717, 1.165) is 6.42 Å². The van der Waals surface area contributed by atoms with Gasteiger partial charge in [0.1, 0.15) is 6.61 Å². The second-order valence-electron chi connectivity index (χ2n) is 4.75. The third kappa shape index (κ3) is 10.4. The Morgan fingerprint density at radius 3 is 2.56 bits per heavy atom. The Labute approximate surface area is 107 Å². The summed E-state index contributed by atoms with van der Waals surface area (Å²) in [5.41, 5.74) is 5.59. The quantitative estimate of drug-likeness (QED) is 0.587. The molecule has 0 radical (unpaired) electrons. The van der Waals surface area contributed by atoms with Gasteiger partial charge in [-0.25, -0.2) is 8.78 Å². The highest BCUT2D eigenvalue weighted by atomic mass is 19.3. The van der Waals surface area contributed by atoms with Crippen molar-refractivity contribution in [2.45, 2.75) is 33.1 Å². The maximum Gasteiger partial charge on any atom is 0.261 e. The average molecular weight is 266 g/mol. The number of hydrogen-bond acceptors (Lipinski definition) is 3. The van der Waals surface area contributed by atoms with Crippen LogP contribution in [0.25, 0.3) is 0 Å². The average Bonchev–Trinajstić information content (AvgIpc) is 2.26. The fourth-order valence-electron chi connectivity index (χ4n) is 1.70. The number of halogens is 2. The fraction of sp³-hybridized carbons (Fsp3) is 0.917. The van der Waals surface area contributed by atoms with Crippen LogP contribution >= 0.6 is 0 Å². The van der Waals surface area contributed by atoms with Gasteiger partial charge in [0.15, 0.2) is 0 Å². The van der Waals surface area contributed by atoms with E-state index in [1.165, 1.54) is 0 Å². The molecule has 0 saturated carbocycles. The number of amides is 1. The van der Waals surface area contributed by atoms with E-state index in [9.17, 15) is 13.6 Å². The van der Waals surface area contributed by atoms with Gasteiger partial charge < -0.3 is 15.8 Å². The lowest BCUT2D eigenvalue weighted by Gasteiger charge is -2.16. The van der Waals surface area contributed by atoms with Crippen molar-refractivity contribution in [2.75, 3.05) is 26.3 Å². The number of nitrogens with two attached hydrogens (primary N) is 1. The summed E-state index contributed by atoms with van der Waals surface area (Å²) in [6.07, 6.45) is -1.18. The molecule has 6 heteroatoms. The highest BCUT2D eigenvalue weighted by Gasteiger charge is 2.13. The van der Waals surface area contributed by atoms with E-state index < -0.39 is 13.0 Å². The molecule has 1 unspecified atom stereocenters. The van der Waals surface area contributed by atoms with Crippen LogP contribution < -0.4 is 11.1 Å². The first-order valence-corrected chi connectivity index (χ1v) is 6.28. The first kappa shape index (κ1) is 17.2. The molecule has 0 bridgehead atoms. The van der Waals surface area contributed by atoms with Crippen LogP contribution in [0.15, 0.2) is 0 Å². The topological polar surface area (TPSA) is 64.4 Å². The van der Waals surface area contributed by atoms with Gasteiger partial charge in [0.05, 0.1) is 6.61 Å². The summed E-state index contributed by atoms with van der Waals surface area (Å²) >= 11 is 0. The number of carbonyl (C=O) groups excluding carboxylic acids is 1. The van der Waals surface area contributed by atoms with Gasteiger partial charge in [-0.15, -0.1) is 0 Å². The normalized spacial score (nSPS) is 13.1. The van der Waals surface area contributed by atoms with Crippen molar-refractivity contribution in [3.63, 3.8) is 0 Å². The zero-order valence-corrected chi connectivity index (χ0v) is 11.1. The summed E-state index contributed by atoms with van der Waals surface area (Å²) in [5, 5.41) is 2.63. The summed E-state index contributed by atoms with van der Waals surface area (Å²) in [4.78, 5) is 11.5. The van der Waals surface area contributed by atoms with Crippen molar-refractivity contribution >= 4 is 5.91 Å². The molecule has 0 spiro atoms. The van der Waals surface area contributed by atoms with Crippen LogP contribution in [0.5, 0.6) is 0 Å². The molecule has 0 aliphatic carbocycles. The van der Waals surface area contributed by atoms with Crippen molar-refractivity contribution in [2.24, 2.45) is 17.6 Å². The Hall–Kier alpha value is -0.750. The summed E-state index contributed by atoms with van der Waals surface area (Å²) in [5.74, 6) is 0.569. The molecule has 18 heavy (non-hydrogen) atoms. The summed E-state index contributed by atoms with van der Waals surface area (Å²) in [6.45, 7) is 4.41. The van der Waals surface area contributed by atoms with E-state index in [1.807, 2.05) is 0 Å². The van der Waals surface area contributed by atoms with E-state index in [2.05, 4.69) is 23.9 Å². The van der Waals surface area contributed by atoms with Crippen LogP contribution in [-0.4, -0.2) is 38.6 Å². The third-order valence-electron chi connectivity index (χ3n) is 2.42. The molecular weight excluding hydrogens is 242 g/mol. The van der Waals surface area contributed by atoms with Crippen molar-refractivity contribution in [3.05, 3.63) is 0 Å². The van der Waals surface area contributed by atoms with Gasteiger partial charge in [-0.3, -0.25) is 4.79 Å². The molecule has 0 fully saturated rings. The molecule has 3 N–H and O–H groups in total. The second kappa shape index (κ2) is 10.2. The summed E-state index contributed by atoms with van der Waals surface area (Å²) < 4.78 is 28.1. The van der Waals surface area contributed by atoms with Crippen molar-refractivity contribution < 1.29 is 18.3 Å². The summed E-state index contributed by atoms with van der Waals surface area (Å²) in [7, 11) is 0. The molecule has 1 amide bonds. The minimum atomic E-state index is -2.46. The van der Waals surface area contributed by atoms with Crippen LogP contribution in [0.4, 0.5) is 8.78 Å². The molecule has 108 valence electrons. The molecule has 0 saturated heterocycles. The molecule has 0 aromatic heterocycles. The lowest BCUT2D eigenvalue weighted by molar-refractivity contribution is -0.122. The number of rotatable bonds is 10. The number of carbonyl (C=O) groups is 1. The number of ether oxygens (including phenoxy) is 1. The molecule has 0 rings (SSSR count). The van der Waals surface area contributed by atoms with Gasteiger partial charge >= 0.3 is 0 Å². The predicted octanol–water partition coefficient (Wildman–Crippen LogP) is 1.40. The molecule has 1 atom stereocenters. The van der Waals surface area contributed by atoms with Crippen LogP contribution in [-0.2, 0) is 9.53 Å². The van der Waals surface area contributed by atoms with Crippen LogP contribution in [0.2, 0.25) is 0 Å². The first-order chi connectivity index (χ1) is 8.45. The maximum absolute atomic E-state index is 11.7. The van der Waals surface area contributed by atoms with Crippen LogP contribution in [0, 0.1) is 11.8 Å². The number of nitrogens with one attached hydrogen (secondary N) is 1. The van der Waals surface area contributed by atoms with Crippen molar-refractivity contribution in [3.8, 4) is 0 Å². The monoisotopic (exact) mass is 266 g/mol. The van der Waals surface area contributed by atoms with Crippen molar-refractivity contribution in [1.82, 2.24) is 5.32 Å². The molecule has 0 heterocycles. The maximum atomic E-state index is 11.7. The van der Waals surface area contributed by atoms with Crippen molar-refractivity contribution in [1.29, 1.82) is 0 Å². The SMILES string of the molecule is CC(C)CC(CN)CC(=O)NCCOCC(F)F. The van der Waals surface area contributed by atoms with E-state index in [0.29, 0.717) is 18.9 Å². The van der Waals surface area contributed by atoms with Crippen LogP contribution in [0.3, 0.4) is 0 Å². The molecule has 4 nitrogen and oxygen atoms in total. The zero-order chi connectivity index (χ0) is 14.0. The molecule has 0 aromatic rings.